The number of nitrogens with zero attached hydrogens (tertiary/aromatic N) is 1. The molecule has 1 aromatic carbocycles. The molecule has 122 valence electrons. The van der Waals surface area contributed by atoms with Crippen molar-refractivity contribution in [1.82, 2.24) is 4.98 Å². The fraction of sp³-hybridized carbons (Fsp3) is 0.300. The molecule has 4 heteroatoms. The van der Waals surface area contributed by atoms with Crippen LogP contribution in [0.15, 0.2) is 54.9 Å². The third-order valence-corrected chi connectivity index (χ3v) is 5.01. The molecule has 1 aromatic heterocycles. The maximum absolute atomic E-state index is 11.7. The molecule has 1 amide bonds. The Morgan fingerprint density at radius 3 is 3.08 bits per heavy atom. The van der Waals surface area contributed by atoms with E-state index in [1.807, 2.05) is 31.5 Å². The molecule has 4 rings (SSSR count). The van der Waals surface area contributed by atoms with Gasteiger partial charge < -0.3 is 10.6 Å². The van der Waals surface area contributed by atoms with Crippen molar-refractivity contribution >= 4 is 17.3 Å². The minimum Gasteiger partial charge on any atom is -0.378 e. The first-order valence-electron chi connectivity index (χ1n) is 8.53. The summed E-state index contributed by atoms with van der Waals surface area (Å²) in [5.74, 6) is 0.911. The lowest BCUT2D eigenvalue weighted by Crippen LogP contribution is -2.29. The standard InChI is InChI=1S/C20H21N3O/c1-2-19(24)22-14-8-9-18-17(11-14)15-6-3-7-16(15)20(23-18)13-5-4-10-21-12-13/h3-6,8-12,15-16,20,23H,2,7H2,1H3,(H,22,24). The summed E-state index contributed by atoms with van der Waals surface area (Å²) in [5, 5.41) is 6.65. The molecular weight excluding hydrogens is 298 g/mol. The van der Waals surface area contributed by atoms with Gasteiger partial charge in [0.05, 0.1) is 6.04 Å². The number of fused-ring (bicyclic) bond motifs is 3. The molecule has 0 saturated heterocycles. The summed E-state index contributed by atoms with van der Waals surface area (Å²) in [7, 11) is 0. The second-order valence-electron chi connectivity index (χ2n) is 6.47. The number of pyridine rings is 1. The van der Waals surface area contributed by atoms with Crippen LogP contribution in [0.25, 0.3) is 0 Å². The van der Waals surface area contributed by atoms with Crippen molar-refractivity contribution in [3.63, 3.8) is 0 Å². The summed E-state index contributed by atoms with van der Waals surface area (Å²) in [6, 6.07) is 10.6. The molecule has 1 aliphatic carbocycles. The minimum absolute atomic E-state index is 0.0467. The van der Waals surface area contributed by atoms with Crippen LogP contribution < -0.4 is 10.6 Å². The van der Waals surface area contributed by atoms with Crippen LogP contribution in [0.5, 0.6) is 0 Å². The number of carbonyl (C=O) groups excluding carboxylic acids is 1. The van der Waals surface area contributed by atoms with Crippen LogP contribution in [0, 0.1) is 5.92 Å². The summed E-state index contributed by atoms with van der Waals surface area (Å²) < 4.78 is 0. The van der Waals surface area contributed by atoms with Gasteiger partial charge in [-0.15, -0.1) is 0 Å². The fourth-order valence-electron chi connectivity index (χ4n) is 3.81. The van der Waals surface area contributed by atoms with Crippen molar-refractivity contribution in [3.05, 3.63) is 66.0 Å². The molecule has 0 spiro atoms. The molecule has 4 nitrogen and oxygen atoms in total. The highest BCUT2D eigenvalue weighted by Gasteiger charge is 2.38. The predicted molar refractivity (Wildman–Crippen MR) is 96.0 cm³/mol. The average molecular weight is 319 g/mol. The van der Waals surface area contributed by atoms with E-state index in [2.05, 4.69) is 46.0 Å². The molecule has 0 saturated carbocycles. The van der Waals surface area contributed by atoms with E-state index in [4.69, 9.17) is 0 Å². The summed E-state index contributed by atoms with van der Waals surface area (Å²) in [6.07, 6.45) is 9.89. The van der Waals surface area contributed by atoms with E-state index >= 15 is 0 Å². The van der Waals surface area contributed by atoms with Gasteiger partial charge in [0.25, 0.3) is 0 Å². The number of benzene rings is 1. The topological polar surface area (TPSA) is 54.0 Å². The van der Waals surface area contributed by atoms with Gasteiger partial charge in [0, 0.05) is 36.1 Å². The van der Waals surface area contributed by atoms with E-state index in [1.165, 1.54) is 11.1 Å². The van der Waals surface area contributed by atoms with Crippen LogP contribution >= 0.6 is 0 Å². The molecule has 24 heavy (non-hydrogen) atoms. The number of anilines is 2. The predicted octanol–water partition coefficient (Wildman–Crippen LogP) is 4.26. The Bertz CT molecular complexity index is 785. The number of hydrogen-bond acceptors (Lipinski definition) is 3. The van der Waals surface area contributed by atoms with Crippen molar-refractivity contribution in [2.75, 3.05) is 10.6 Å². The minimum atomic E-state index is 0.0467. The average Bonchev–Trinajstić information content (AvgIpc) is 3.12. The Labute approximate surface area is 142 Å². The SMILES string of the molecule is CCC(=O)Nc1ccc2c(c1)C1C=CCC1C(c1cccnc1)N2. The van der Waals surface area contributed by atoms with Crippen LogP contribution in [0.3, 0.4) is 0 Å². The highest BCUT2D eigenvalue weighted by molar-refractivity contribution is 5.91. The van der Waals surface area contributed by atoms with Gasteiger partial charge in [-0.1, -0.05) is 25.1 Å². The fourth-order valence-corrected chi connectivity index (χ4v) is 3.81. The molecule has 2 heterocycles. The third-order valence-electron chi connectivity index (χ3n) is 5.01. The van der Waals surface area contributed by atoms with Gasteiger partial charge in [-0.05, 0) is 47.7 Å². The molecule has 2 N–H and O–H groups in total. The van der Waals surface area contributed by atoms with Crippen molar-refractivity contribution in [2.45, 2.75) is 31.7 Å². The molecule has 0 fully saturated rings. The van der Waals surface area contributed by atoms with E-state index in [0.29, 0.717) is 18.3 Å². The van der Waals surface area contributed by atoms with E-state index in [1.54, 1.807) is 0 Å². The van der Waals surface area contributed by atoms with Crippen LogP contribution in [-0.2, 0) is 4.79 Å². The van der Waals surface area contributed by atoms with Crippen molar-refractivity contribution in [2.24, 2.45) is 5.92 Å². The van der Waals surface area contributed by atoms with Crippen molar-refractivity contribution in [3.8, 4) is 0 Å². The van der Waals surface area contributed by atoms with E-state index < -0.39 is 0 Å². The third kappa shape index (κ3) is 2.58. The number of carbonyl (C=O) groups is 1. The molecule has 0 radical (unpaired) electrons. The zero-order valence-electron chi connectivity index (χ0n) is 13.7. The highest BCUT2D eigenvalue weighted by Crippen LogP contribution is 2.50. The number of aromatic nitrogens is 1. The monoisotopic (exact) mass is 319 g/mol. The second-order valence-corrected chi connectivity index (χ2v) is 6.47. The van der Waals surface area contributed by atoms with Crippen LogP contribution in [0.2, 0.25) is 0 Å². The van der Waals surface area contributed by atoms with Gasteiger partial charge in [0.15, 0.2) is 0 Å². The summed E-state index contributed by atoms with van der Waals surface area (Å²) in [5.41, 5.74) is 4.51. The maximum atomic E-state index is 11.7. The molecule has 1 aliphatic heterocycles. The quantitative estimate of drug-likeness (QED) is 0.831. The first-order chi connectivity index (χ1) is 11.8. The summed E-state index contributed by atoms with van der Waals surface area (Å²) >= 11 is 0. The lowest BCUT2D eigenvalue weighted by atomic mass is 9.77. The van der Waals surface area contributed by atoms with Gasteiger partial charge in [-0.3, -0.25) is 9.78 Å². The van der Waals surface area contributed by atoms with Gasteiger partial charge >= 0.3 is 0 Å². The smallest absolute Gasteiger partial charge is 0.224 e. The van der Waals surface area contributed by atoms with E-state index in [0.717, 1.165) is 17.8 Å². The number of hydrogen-bond donors (Lipinski definition) is 2. The Morgan fingerprint density at radius 2 is 2.29 bits per heavy atom. The lowest BCUT2D eigenvalue weighted by Gasteiger charge is -2.37. The van der Waals surface area contributed by atoms with Gasteiger partial charge in [-0.25, -0.2) is 0 Å². The number of nitrogens with one attached hydrogen (secondary N) is 2. The Hall–Kier alpha value is -2.62. The van der Waals surface area contributed by atoms with E-state index in [-0.39, 0.29) is 11.9 Å². The molecule has 2 aromatic rings. The van der Waals surface area contributed by atoms with Gasteiger partial charge in [0.1, 0.15) is 0 Å². The first kappa shape index (κ1) is 14.9. The van der Waals surface area contributed by atoms with Crippen molar-refractivity contribution in [1.29, 1.82) is 0 Å². The maximum Gasteiger partial charge on any atom is 0.224 e. The van der Waals surface area contributed by atoms with E-state index in [9.17, 15) is 4.79 Å². The van der Waals surface area contributed by atoms with Crippen molar-refractivity contribution < 1.29 is 4.79 Å². The number of rotatable bonds is 3. The summed E-state index contributed by atoms with van der Waals surface area (Å²) in [6.45, 7) is 1.86. The molecular formula is C20H21N3O. The lowest BCUT2D eigenvalue weighted by molar-refractivity contribution is -0.115. The Balaban J connectivity index is 1.69. The van der Waals surface area contributed by atoms with Gasteiger partial charge in [-0.2, -0.15) is 0 Å². The Kier molecular flexibility index (Phi) is 3.81. The zero-order valence-corrected chi connectivity index (χ0v) is 13.7. The van der Waals surface area contributed by atoms with Gasteiger partial charge in [0.2, 0.25) is 5.91 Å². The zero-order chi connectivity index (χ0) is 16.5. The molecule has 2 aliphatic rings. The second kappa shape index (κ2) is 6.11. The highest BCUT2D eigenvalue weighted by atomic mass is 16.1. The van der Waals surface area contributed by atoms with Crippen LogP contribution in [0.4, 0.5) is 11.4 Å². The normalized spacial score (nSPS) is 24.0. The summed E-state index contributed by atoms with van der Waals surface area (Å²) in [4.78, 5) is 15.9. The number of amides is 1. The van der Waals surface area contributed by atoms with Crippen LogP contribution in [0.1, 0.15) is 42.9 Å². The number of allylic oxidation sites excluding steroid dienone is 2. The van der Waals surface area contributed by atoms with Crippen LogP contribution in [-0.4, -0.2) is 10.9 Å². The molecule has 3 atom stereocenters. The molecule has 0 bridgehead atoms. The Morgan fingerprint density at radius 1 is 1.38 bits per heavy atom. The first-order valence-corrected chi connectivity index (χ1v) is 8.53. The molecule has 3 unspecified atom stereocenters. The largest absolute Gasteiger partial charge is 0.378 e.